The van der Waals surface area contributed by atoms with E-state index in [1.807, 2.05) is 0 Å². The highest BCUT2D eigenvalue weighted by Gasteiger charge is 2.16. The smallest absolute Gasteiger partial charge is 0.0757 e. The second-order valence-electron chi connectivity index (χ2n) is 7.24. The number of aromatic nitrogens is 1. The number of rotatable bonds is 4. The Balaban J connectivity index is 2.00. The summed E-state index contributed by atoms with van der Waals surface area (Å²) in [6.45, 7) is 7.50. The molecule has 0 saturated heterocycles. The molecule has 0 amide bonds. The highest BCUT2D eigenvalue weighted by molar-refractivity contribution is 6.22. The normalized spacial score (nSPS) is 12.1. The van der Waals surface area contributed by atoms with Crippen molar-refractivity contribution in [1.82, 2.24) is 9.47 Å². The lowest BCUT2D eigenvalue weighted by atomic mass is 10.0. The van der Waals surface area contributed by atoms with E-state index in [4.69, 9.17) is 0 Å². The summed E-state index contributed by atoms with van der Waals surface area (Å²) >= 11 is 0. The number of hydrogen-bond acceptors (Lipinski definition) is 1. The molecule has 0 unspecified atom stereocenters. The van der Waals surface area contributed by atoms with Gasteiger partial charge in [0.25, 0.3) is 0 Å². The van der Waals surface area contributed by atoms with Crippen molar-refractivity contribution in [3.8, 4) is 0 Å². The predicted octanol–water partition coefficient (Wildman–Crippen LogP) is 6.40. The summed E-state index contributed by atoms with van der Waals surface area (Å²) in [5.74, 6) is 0. The molecular weight excluding hydrogens is 328 g/mol. The van der Waals surface area contributed by atoms with Gasteiger partial charge in [-0.2, -0.15) is 0 Å². The Hall–Kier alpha value is -2.84. The maximum absolute atomic E-state index is 2.54. The monoisotopic (exact) mass is 352 g/mol. The van der Waals surface area contributed by atoms with Crippen LogP contribution < -0.4 is 0 Å². The molecule has 1 aromatic heterocycles. The zero-order valence-corrected chi connectivity index (χ0v) is 15.9. The van der Waals surface area contributed by atoms with Crippen LogP contribution in [0.1, 0.15) is 13.8 Å². The van der Waals surface area contributed by atoms with E-state index in [0.29, 0.717) is 0 Å². The minimum atomic E-state index is 0.912. The molecule has 5 rings (SSSR count). The molecule has 0 bridgehead atoms. The Morgan fingerprint density at radius 2 is 1.07 bits per heavy atom. The molecule has 0 aliphatic rings. The quantitative estimate of drug-likeness (QED) is 0.363. The van der Waals surface area contributed by atoms with Crippen LogP contribution in [-0.2, 0) is 6.67 Å². The first-order valence-corrected chi connectivity index (χ1v) is 9.85. The summed E-state index contributed by atoms with van der Waals surface area (Å²) in [6, 6.07) is 26.6. The summed E-state index contributed by atoms with van der Waals surface area (Å²) in [7, 11) is 0. The summed E-state index contributed by atoms with van der Waals surface area (Å²) in [6.07, 6.45) is 0. The Kier molecular flexibility index (Phi) is 3.87. The lowest BCUT2D eigenvalue weighted by molar-refractivity contribution is 0.250. The van der Waals surface area contributed by atoms with Crippen molar-refractivity contribution in [2.24, 2.45) is 0 Å². The molecule has 5 aromatic rings. The van der Waals surface area contributed by atoms with Crippen molar-refractivity contribution < 1.29 is 0 Å². The van der Waals surface area contributed by atoms with E-state index in [9.17, 15) is 0 Å². The molecule has 134 valence electrons. The lowest BCUT2D eigenvalue weighted by Crippen LogP contribution is -2.25. The maximum atomic E-state index is 2.54. The zero-order chi connectivity index (χ0) is 18.4. The molecule has 0 radical (unpaired) electrons. The van der Waals surface area contributed by atoms with Crippen molar-refractivity contribution in [3.63, 3.8) is 0 Å². The zero-order valence-electron chi connectivity index (χ0n) is 15.9. The second-order valence-corrected chi connectivity index (χ2v) is 7.24. The van der Waals surface area contributed by atoms with E-state index in [1.165, 1.54) is 43.4 Å². The lowest BCUT2D eigenvalue weighted by Gasteiger charge is -2.21. The molecule has 0 spiro atoms. The molecule has 1 heterocycles. The molecule has 0 aliphatic carbocycles. The maximum Gasteiger partial charge on any atom is 0.0757 e. The summed E-state index contributed by atoms with van der Waals surface area (Å²) in [5.41, 5.74) is 2.71. The minimum absolute atomic E-state index is 0.912. The van der Waals surface area contributed by atoms with Gasteiger partial charge in [-0.3, -0.25) is 4.90 Å². The van der Waals surface area contributed by atoms with Crippen LogP contribution in [0.2, 0.25) is 0 Å². The Morgan fingerprint density at radius 3 is 1.56 bits per heavy atom. The van der Waals surface area contributed by atoms with Crippen LogP contribution in [0.4, 0.5) is 0 Å². The molecule has 0 fully saturated rings. The summed E-state index contributed by atoms with van der Waals surface area (Å²) in [5, 5.41) is 7.98. The first-order valence-electron chi connectivity index (χ1n) is 9.85. The van der Waals surface area contributed by atoms with E-state index in [1.54, 1.807) is 0 Å². The van der Waals surface area contributed by atoms with Crippen molar-refractivity contribution >= 4 is 43.4 Å². The number of hydrogen-bond donors (Lipinski definition) is 0. The molecule has 0 saturated carbocycles. The largest absolute Gasteiger partial charge is 0.326 e. The van der Waals surface area contributed by atoms with Gasteiger partial charge in [0, 0.05) is 21.5 Å². The fourth-order valence-electron chi connectivity index (χ4n) is 4.40. The molecule has 2 nitrogen and oxygen atoms in total. The van der Waals surface area contributed by atoms with Crippen molar-refractivity contribution in [2.45, 2.75) is 20.5 Å². The van der Waals surface area contributed by atoms with Crippen LogP contribution in [0.5, 0.6) is 0 Å². The topological polar surface area (TPSA) is 8.17 Å². The number of benzene rings is 4. The SMILES string of the molecule is CCN(CC)Cn1c2c3ccccc3ccc2c2ccc3ccccc3c21. The first kappa shape index (κ1) is 16.3. The van der Waals surface area contributed by atoms with Gasteiger partial charge in [-0.1, -0.05) is 86.6 Å². The van der Waals surface area contributed by atoms with Crippen LogP contribution in [0, 0.1) is 0 Å². The van der Waals surface area contributed by atoms with Gasteiger partial charge >= 0.3 is 0 Å². The van der Waals surface area contributed by atoms with Gasteiger partial charge in [0.2, 0.25) is 0 Å². The fourth-order valence-corrected chi connectivity index (χ4v) is 4.40. The van der Waals surface area contributed by atoms with Gasteiger partial charge < -0.3 is 4.57 Å². The first-order chi connectivity index (χ1) is 13.3. The number of nitrogens with zero attached hydrogens (tertiary/aromatic N) is 2. The van der Waals surface area contributed by atoms with Gasteiger partial charge in [0.05, 0.1) is 17.7 Å². The average molecular weight is 352 g/mol. The van der Waals surface area contributed by atoms with E-state index in [0.717, 1.165) is 19.8 Å². The molecule has 0 aliphatic heterocycles. The summed E-state index contributed by atoms with van der Waals surface area (Å²) < 4.78 is 2.54. The number of fused-ring (bicyclic) bond motifs is 7. The summed E-state index contributed by atoms with van der Waals surface area (Å²) in [4.78, 5) is 2.49. The highest BCUT2D eigenvalue weighted by Crippen LogP contribution is 2.37. The predicted molar refractivity (Wildman–Crippen MR) is 117 cm³/mol. The second kappa shape index (κ2) is 6.40. The van der Waals surface area contributed by atoms with Crippen LogP contribution in [0.3, 0.4) is 0 Å². The van der Waals surface area contributed by atoms with E-state index in [-0.39, 0.29) is 0 Å². The molecular formula is C25H24N2. The van der Waals surface area contributed by atoms with Gasteiger partial charge in [0.1, 0.15) is 0 Å². The third-order valence-corrected chi connectivity index (χ3v) is 5.87. The minimum Gasteiger partial charge on any atom is -0.326 e. The fraction of sp³-hybridized carbons (Fsp3) is 0.200. The van der Waals surface area contributed by atoms with Crippen LogP contribution in [-0.4, -0.2) is 22.6 Å². The van der Waals surface area contributed by atoms with Crippen LogP contribution in [0.25, 0.3) is 43.4 Å². The van der Waals surface area contributed by atoms with E-state index >= 15 is 0 Å². The van der Waals surface area contributed by atoms with Gasteiger partial charge in [-0.15, -0.1) is 0 Å². The highest BCUT2D eigenvalue weighted by atomic mass is 15.2. The molecule has 4 aromatic carbocycles. The Labute approximate surface area is 159 Å². The molecule has 0 N–H and O–H groups in total. The van der Waals surface area contributed by atoms with Crippen molar-refractivity contribution in [3.05, 3.63) is 72.8 Å². The molecule has 27 heavy (non-hydrogen) atoms. The van der Waals surface area contributed by atoms with Gasteiger partial charge in [-0.05, 0) is 23.9 Å². The van der Waals surface area contributed by atoms with E-state index in [2.05, 4.69) is 96.1 Å². The van der Waals surface area contributed by atoms with Crippen molar-refractivity contribution in [2.75, 3.05) is 13.1 Å². The van der Waals surface area contributed by atoms with Crippen LogP contribution >= 0.6 is 0 Å². The van der Waals surface area contributed by atoms with Crippen LogP contribution in [0.15, 0.2) is 72.8 Å². The third kappa shape index (κ3) is 2.44. The third-order valence-electron chi connectivity index (χ3n) is 5.87. The standard InChI is InChI=1S/C25H24N2/c1-3-26(4-2)17-27-24-20-11-7-5-9-18(20)13-15-22(24)23-16-14-19-10-6-8-12-21(19)25(23)27/h5-16H,3-4,17H2,1-2H3. The average Bonchev–Trinajstić information content (AvgIpc) is 3.06. The van der Waals surface area contributed by atoms with Gasteiger partial charge in [0.15, 0.2) is 0 Å². The van der Waals surface area contributed by atoms with E-state index < -0.39 is 0 Å². The molecule has 0 atom stereocenters. The van der Waals surface area contributed by atoms with Gasteiger partial charge in [-0.25, -0.2) is 0 Å². The van der Waals surface area contributed by atoms with Crippen molar-refractivity contribution in [1.29, 1.82) is 0 Å². The Morgan fingerprint density at radius 1 is 0.593 bits per heavy atom. The Bertz CT molecular complexity index is 1180. The molecule has 2 heteroatoms.